The van der Waals surface area contributed by atoms with Crippen LogP contribution in [0.5, 0.6) is 0 Å². The number of carbonyl (C=O) groups is 2. The van der Waals surface area contributed by atoms with Gasteiger partial charge in [0.05, 0.1) is 0 Å². The molecule has 2 amide bonds. The molecule has 0 aliphatic carbocycles. The van der Waals surface area contributed by atoms with Crippen molar-refractivity contribution >= 4 is 11.8 Å². The third-order valence-corrected chi connectivity index (χ3v) is 1.88. The second-order valence-electron chi connectivity index (χ2n) is 3.67. The Balaban J connectivity index is 4.18. The lowest BCUT2D eigenvalue weighted by molar-refractivity contribution is -0.129. The third-order valence-electron chi connectivity index (χ3n) is 1.88. The van der Waals surface area contributed by atoms with Crippen LogP contribution >= 0.6 is 0 Å². The van der Waals surface area contributed by atoms with Gasteiger partial charge < -0.3 is 10.6 Å². The van der Waals surface area contributed by atoms with E-state index in [1.165, 1.54) is 6.92 Å². The summed E-state index contributed by atoms with van der Waals surface area (Å²) in [6.07, 6.45) is 5.56. The SMILES string of the molecule is C#CCCNC(=O)[C@@H](NC(C)=O)C(C)C. The van der Waals surface area contributed by atoms with Crippen molar-refractivity contribution < 1.29 is 9.59 Å². The lowest BCUT2D eigenvalue weighted by atomic mass is 10.0. The summed E-state index contributed by atoms with van der Waals surface area (Å²) in [7, 11) is 0. The average Bonchev–Trinajstić information content (AvgIpc) is 2.13. The van der Waals surface area contributed by atoms with Gasteiger partial charge in [0.25, 0.3) is 0 Å². The van der Waals surface area contributed by atoms with Gasteiger partial charge >= 0.3 is 0 Å². The summed E-state index contributed by atoms with van der Waals surface area (Å²) in [6, 6.07) is -0.486. The molecular weight excluding hydrogens is 192 g/mol. The molecule has 1 atom stereocenters. The number of amides is 2. The highest BCUT2D eigenvalue weighted by Gasteiger charge is 2.22. The predicted octanol–water partition coefficient (Wildman–Crippen LogP) is 0.287. The van der Waals surface area contributed by atoms with E-state index in [2.05, 4.69) is 16.6 Å². The Hall–Kier alpha value is -1.50. The lowest BCUT2D eigenvalue weighted by Crippen LogP contribution is -2.49. The molecule has 0 saturated heterocycles. The van der Waals surface area contributed by atoms with Gasteiger partial charge in [0, 0.05) is 19.9 Å². The van der Waals surface area contributed by atoms with Gasteiger partial charge in [0.15, 0.2) is 0 Å². The Bertz CT molecular complexity index is 266. The summed E-state index contributed by atoms with van der Waals surface area (Å²) in [6.45, 7) is 5.59. The molecule has 15 heavy (non-hydrogen) atoms. The first-order valence-electron chi connectivity index (χ1n) is 4.97. The molecule has 0 aliphatic rings. The molecule has 0 aromatic rings. The van der Waals surface area contributed by atoms with Crippen LogP contribution in [0, 0.1) is 18.3 Å². The molecule has 0 aromatic carbocycles. The molecule has 0 bridgehead atoms. The maximum absolute atomic E-state index is 11.6. The quantitative estimate of drug-likeness (QED) is 0.506. The molecule has 0 unspecified atom stereocenters. The van der Waals surface area contributed by atoms with Crippen LogP contribution in [0.25, 0.3) is 0 Å². The van der Waals surface area contributed by atoms with Gasteiger partial charge in [-0.1, -0.05) is 13.8 Å². The van der Waals surface area contributed by atoms with Crippen LogP contribution in [0.1, 0.15) is 27.2 Å². The first-order valence-corrected chi connectivity index (χ1v) is 4.97. The Morgan fingerprint density at radius 3 is 2.40 bits per heavy atom. The maximum Gasteiger partial charge on any atom is 0.242 e. The summed E-state index contributed by atoms with van der Waals surface area (Å²) in [5.41, 5.74) is 0. The predicted molar refractivity (Wildman–Crippen MR) is 58.9 cm³/mol. The number of nitrogens with one attached hydrogen (secondary N) is 2. The second kappa shape index (κ2) is 6.88. The molecule has 2 N–H and O–H groups in total. The highest BCUT2D eigenvalue weighted by atomic mass is 16.2. The Morgan fingerprint density at radius 2 is 2.00 bits per heavy atom. The summed E-state index contributed by atoms with van der Waals surface area (Å²) < 4.78 is 0. The maximum atomic E-state index is 11.6. The summed E-state index contributed by atoms with van der Waals surface area (Å²) >= 11 is 0. The van der Waals surface area contributed by atoms with Gasteiger partial charge in [-0.05, 0) is 5.92 Å². The van der Waals surface area contributed by atoms with Gasteiger partial charge in [-0.15, -0.1) is 12.3 Å². The molecule has 0 saturated carbocycles. The van der Waals surface area contributed by atoms with E-state index in [4.69, 9.17) is 6.42 Å². The molecule has 0 rings (SSSR count). The first kappa shape index (κ1) is 13.5. The summed E-state index contributed by atoms with van der Waals surface area (Å²) in [5.74, 6) is 2.09. The largest absolute Gasteiger partial charge is 0.353 e. The Kier molecular flexibility index (Phi) is 6.19. The highest BCUT2D eigenvalue weighted by molar-refractivity contribution is 5.86. The minimum Gasteiger partial charge on any atom is -0.353 e. The summed E-state index contributed by atoms with van der Waals surface area (Å²) in [5, 5.41) is 5.28. The van der Waals surface area contributed by atoms with E-state index in [1.54, 1.807) is 0 Å². The van der Waals surface area contributed by atoms with Gasteiger partial charge in [0.1, 0.15) is 6.04 Å². The first-order chi connectivity index (χ1) is 6.99. The fraction of sp³-hybridized carbons (Fsp3) is 0.636. The smallest absolute Gasteiger partial charge is 0.242 e. The zero-order valence-corrected chi connectivity index (χ0v) is 9.46. The van der Waals surface area contributed by atoms with Crippen LogP contribution in [0.2, 0.25) is 0 Å². The fourth-order valence-corrected chi connectivity index (χ4v) is 1.12. The number of hydrogen-bond donors (Lipinski definition) is 2. The van der Waals surface area contributed by atoms with Crippen molar-refractivity contribution in [1.29, 1.82) is 0 Å². The lowest BCUT2D eigenvalue weighted by Gasteiger charge is -2.20. The van der Waals surface area contributed by atoms with E-state index in [9.17, 15) is 9.59 Å². The normalized spacial score (nSPS) is 11.7. The molecule has 84 valence electrons. The molecule has 0 aliphatic heterocycles. The Morgan fingerprint density at radius 1 is 1.40 bits per heavy atom. The fourth-order valence-electron chi connectivity index (χ4n) is 1.12. The van der Waals surface area contributed by atoms with Crippen LogP contribution in [-0.4, -0.2) is 24.4 Å². The monoisotopic (exact) mass is 210 g/mol. The van der Waals surface area contributed by atoms with Gasteiger partial charge in [0.2, 0.25) is 11.8 Å². The molecular formula is C11H18N2O2. The van der Waals surface area contributed by atoms with Gasteiger partial charge in [-0.3, -0.25) is 9.59 Å². The van der Waals surface area contributed by atoms with Crippen LogP contribution < -0.4 is 10.6 Å². The standard InChI is InChI=1S/C11H18N2O2/c1-5-6-7-12-11(15)10(8(2)3)13-9(4)14/h1,8,10H,6-7H2,2-4H3,(H,12,15)(H,13,14)/t10-/m0/s1. The van der Waals surface area contributed by atoms with E-state index >= 15 is 0 Å². The second-order valence-corrected chi connectivity index (χ2v) is 3.67. The average molecular weight is 210 g/mol. The van der Waals surface area contributed by atoms with E-state index in [0.29, 0.717) is 13.0 Å². The van der Waals surface area contributed by atoms with E-state index in [-0.39, 0.29) is 17.7 Å². The van der Waals surface area contributed by atoms with Crippen molar-refractivity contribution in [1.82, 2.24) is 10.6 Å². The van der Waals surface area contributed by atoms with Crippen LogP contribution in [-0.2, 0) is 9.59 Å². The molecule has 0 heterocycles. The van der Waals surface area contributed by atoms with Gasteiger partial charge in [-0.2, -0.15) is 0 Å². The molecule has 0 fully saturated rings. The number of terminal acetylenes is 1. The van der Waals surface area contributed by atoms with E-state index in [0.717, 1.165) is 0 Å². The van der Waals surface area contributed by atoms with E-state index in [1.807, 2.05) is 13.8 Å². The minimum atomic E-state index is -0.486. The molecule has 0 spiro atoms. The zero-order valence-electron chi connectivity index (χ0n) is 9.46. The topological polar surface area (TPSA) is 58.2 Å². The number of carbonyl (C=O) groups excluding carboxylic acids is 2. The van der Waals surface area contributed by atoms with Crippen LogP contribution in [0.4, 0.5) is 0 Å². The van der Waals surface area contributed by atoms with Crippen LogP contribution in [0.15, 0.2) is 0 Å². The molecule has 0 aromatic heterocycles. The van der Waals surface area contributed by atoms with Crippen molar-refractivity contribution in [3.8, 4) is 12.3 Å². The van der Waals surface area contributed by atoms with Crippen molar-refractivity contribution in [3.05, 3.63) is 0 Å². The van der Waals surface area contributed by atoms with Crippen molar-refractivity contribution in [2.45, 2.75) is 33.2 Å². The van der Waals surface area contributed by atoms with E-state index < -0.39 is 6.04 Å². The number of rotatable bonds is 5. The number of hydrogen-bond acceptors (Lipinski definition) is 2. The van der Waals surface area contributed by atoms with Crippen molar-refractivity contribution in [3.63, 3.8) is 0 Å². The Labute approximate surface area is 90.8 Å². The highest BCUT2D eigenvalue weighted by Crippen LogP contribution is 2.01. The molecule has 4 heteroatoms. The minimum absolute atomic E-state index is 0.0553. The summed E-state index contributed by atoms with van der Waals surface area (Å²) in [4.78, 5) is 22.5. The van der Waals surface area contributed by atoms with Gasteiger partial charge in [-0.25, -0.2) is 0 Å². The van der Waals surface area contributed by atoms with Crippen molar-refractivity contribution in [2.24, 2.45) is 5.92 Å². The zero-order chi connectivity index (χ0) is 11.8. The molecule has 4 nitrogen and oxygen atoms in total. The third kappa shape index (κ3) is 5.74. The molecule has 0 radical (unpaired) electrons. The van der Waals surface area contributed by atoms with Crippen molar-refractivity contribution in [2.75, 3.05) is 6.54 Å². The van der Waals surface area contributed by atoms with Crippen LogP contribution in [0.3, 0.4) is 0 Å².